The molecule has 0 aliphatic rings. The molecule has 22 nitrogen and oxygen atoms in total. The molecule has 0 aliphatic heterocycles. The fraction of sp³-hybridized carbons (Fsp3) is 0.400. The van der Waals surface area contributed by atoms with Gasteiger partial charge in [-0.15, -0.1) is 0 Å². The van der Waals surface area contributed by atoms with Gasteiger partial charge in [-0.1, -0.05) is 62.8 Å². The Morgan fingerprint density at radius 2 is 0.607 bits per heavy atom. The third-order valence-corrected chi connectivity index (χ3v) is 11.1. The topological polar surface area (TPSA) is 502 Å². The van der Waals surface area contributed by atoms with Crippen LogP contribution in [0, 0.1) is 0 Å². The van der Waals surface area contributed by atoms with Crippen molar-refractivity contribution in [3.8, 4) is 0 Å². The van der Waals surface area contributed by atoms with Crippen LogP contribution in [0.2, 0.25) is 0 Å². The van der Waals surface area contributed by atoms with E-state index in [1.165, 1.54) is 64.2 Å². The molecule has 0 spiro atoms. The van der Waals surface area contributed by atoms with Gasteiger partial charge in [-0.2, -0.15) is 0 Å². The molecule has 0 aliphatic carbocycles. The number of unbranched alkanes of at least 4 members (excludes halogenated alkanes) is 9. The van der Waals surface area contributed by atoms with Gasteiger partial charge in [0.1, 0.15) is 40.5 Å². The lowest BCUT2D eigenvalue weighted by molar-refractivity contribution is -0.368. The number of nitrogens with two attached hydrogens (primary N) is 6. The predicted molar refractivity (Wildman–Crippen MR) is 202 cm³/mol. The molecule has 0 saturated heterocycles. The largest absolute Gasteiger partial charge is 0.744 e. The zero-order valence-corrected chi connectivity index (χ0v) is 33.6. The molecule has 0 amide bonds. The molecule has 0 radical (unpaired) electrons. The average Bonchev–Trinajstić information content (AvgIpc) is 3.01. The van der Waals surface area contributed by atoms with E-state index in [0.29, 0.717) is 12.1 Å². The van der Waals surface area contributed by atoms with Crippen LogP contribution in [0.4, 0.5) is 0 Å². The summed E-state index contributed by atoms with van der Waals surface area (Å²) in [6.45, 7) is 2.23. The molecule has 26 heteroatoms. The van der Waals surface area contributed by atoms with Gasteiger partial charge < -0.3 is 40.6 Å². The van der Waals surface area contributed by atoms with E-state index in [1.54, 1.807) is 0 Å². The Labute approximate surface area is 324 Å². The highest BCUT2D eigenvalue weighted by atomic mass is 32.2. The molecule has 56 heavy (non-hydrogen) atoms. The average molecular weight is 877 g/mol. The van der Waals surface area contributed by atoms with Crippen molar-refractivity contribution in [1.29, 1.82) is 0 Å². The number of benzene rings is 4. The summed E-state index contributed by atoms with van der Waals surface area (Å²) < 4.78 is 141. The van der Waals surface area contributed by atoms with E-state index in [1.807, 2.05) is 0 Å². The molecule has 0 atom stereocenters. The van der Waals surface area contributed by atoms with Crippen molar-refractivity contribution in [1.82, 2.24) is 0 Å². The third kappa shape index (κ3) is 16.6. The second kappa shape index (κ2) is 23.2. The van der Waals surface area contributed by atoms with Crippen molar-refractivity contribution in [3.63, 3.8) is 0 Å². The van der Waals surface area contributed by atoms with Gasteiger partial charge >= 0.3 is 11.9 Å². The Balaban J connectivity index is 0. The second-order valence-electron chi connectivity index (χ2n) is 11.9. The molecule has 22 N–H and O–H groups in total. The van der Waals surface area contributed by atoms with Gasteiger partial charge in [0.2, 0.25) is 0 Å². The van der Waals surface area contributed by atoms with Crippen molar-refractivity contribution in [2.75, 3.05) is 13.1 Å². The van der Waals surface area contributed by atoms with Crippen LogP contribution in [0.5, 0.6) is 0 Å². The van der Waals surface area contributed by atoms with Crippen LogP contribution in [0.3, 0.4) is 0 Å². The molecular formula is C30H52N8O14S4. The van der Waals surface area contributed by atoms with Crippen LogP contribution in [0.1, 0.15) is 64.2 Å². The minimum absolute atomic E-state index is 0. The fourth-order valence-corrected chi connectivity index (χ4v) is 8.42. The number of hydrogen-bond donors (Lipinski definition) is 8. The highest BCUT2D eigenvalue weighted by Gasteiger charge is 2.24. The quantitative estimate of drug-likeness (QED) is 0.0181. The van der Waals surface area contributed by atoms with Gasteiger partial charge in [-0.25, -0.2) is 33.7 Å². The molecule has 0 saturated carbocycles. The van der Waals surface area contributed by atoms with Gasteiger partial charge in [0.25, 0.3) is 0 Å². The maximum atomic E-state index is 11.8. The van der Waals surface area contributed by atoms with Crippen LogP contribution in [0.25, 0.3) is 32.3 Å². The Morgan fingerprint density at radius 1 is 0.446 bits per heavy atom. The van der Waals surface area contributed by atoms with Gasteiger partial charge in [-0.05, 0) is 48.6 Å². The normalized spacial score (nSPS) is 11.5. The first-order valence-electron chi connectivity index (χ1n) is 16.3. The zero-order chi connectivity index (χ0) is 41.7. The zero-order valence-electron chi connectivity index (χ0n) is 30.4. The van der Waals surface area contributed by atoms with Gasteiger partial charge in [0.15, 0.2) is 0 Å². The molecule has 4 aromatic carbocycles. The summed E-state index contributed by atoms with van der Waals surface area (Å²) in [7, 11) is -21.6. The minimum Gasteiger partial charge on any atom is -0.744 e. The Hall–Kier alpha value is -4.06. The van der Waals surface area contributed by atoms with E-state index in [0.717, 1.165) is 37.4 Å². The number of guanidine groups is 2. The first-order valence-corrected chi connectivity index (χ1v) is 21.9. The molecule has 4 aromatic rings. The molecule has 4 rings (SSSR count). The monoisotopic (exact) mass is 876 g/mol. The van der Waals surface area contributed by atoms with E-state index < -0.39 is 92.4 Å². The first-order chi connectivity index (χ1) is 24.8. The van der Waals surface area contributed by atoms with E-state index in [4.69, 9.17) is 0 Å². The van der Waals surface area contributed by atoms with Crippen LogP contribution >= 0.6 is 0 Å². The fourth-order valence-electron chi connectivity index (χ4n) is 5.46. The smallest absolute Gasteiger partial charge is 0.336 e. The lowest BCUT2D eigenvalue weighted by Gasteiger charge is -2.23. The molecule has 0 unspecified atom stereocenters. The predicted octanol–water partition coefficient (Wildman–Crippen LogP) is -6.04. The Bertz CT molecular complexity index is 2060. The van der Waals surface area contributed by atoms with E-state index in [9.17, 15) is 51.9 Å². The van der Waals surface area contributed by atoms with Gasteiger partial charge in [-0.3, -0.25) is 33.8 Å². The van der Waals surface area contributed by atoms with E-state index >= 15 is 0 Å². The van der Waals surface area contributed by atoms with Crippen molar-refractivity contribution >= 4 is 84.7 Å². The number of quaternary nitrogens is 2. The molecular weight excluding hydrogens is 825 g/mol. The molecule has 320 valence electrons. The lowest BCUT2D eigenvalue weighted by atomic mass is 9.94. The summed E-state index contributed by atoms with van der Waals surface area (Å²) in [5.41, 5.74) is 26.0. The summed E-state index contributed by atoms with van der Waals surface area (Å²) in [5, 5.41) is 6.26. The summed E-state index contributed by atoms with van der Waals surface area (Å²) in [4.78, 5) is -4.63. The maximum absolute atomic E-state index is 11.8. The Morgan fingerprint density at radius 3 is 0.750 bits per heavy atom. The summed E-state index contributed by atoms with van der Waals surface area (Å²) in [5.74, 6) is -0.167. The van der Waals surface area contributed by atoms with Crippen molar-refractivity contribution in [3.05, 3.63) is 36.4 Å². The standard InChI is InChI=1S/C16H10O12S4.C12H28N2.2CH5N3.2H2O/c17-29(18,19)11-5-13(31(23,24)25)9-3-4-10-14(32(26,27)28)6-12(30(20,21)22)8-2-1-7(11)15(9)16(8)10;13-11-9-7-5-3-1-2-4-6-8-10-12-14;2*2-1(3)4;;/h1-6H,(H,17,18,19)(H,20,21,22)(H,23,24,25)(H,26,27,28);1-14H2;2*(H5,2,3,4);2*1H2. The summed E-state index contributed by atoms with van der Waals surface area (Å²) in [6, 6.07) is 4.27. The summed E-state index contributed by atoms with van der Waals surface area (Å²) in [6.07, 6.45) is 14.1. The molecule has 0 aromatic heterocycles. The molecule has 0 bridgehead atoms. The van der Waals surface area contributed by atoms with Crippen LogP contribution in [-0.4, -0.2) is 87.8 Å². The number of rotatable bonds is 15. The van der Waals surface area contributed by atoms with Gasteiger partial charge in [0, 0.05) is 21.5 Å². The second-order valence-corrected chi connectivity index (χ2v) is 17.3. The molecule has 0 fully saturated rings. The first kappa shape index (κ1) is 54.0. The van der Waals surface area contributed by atoms with E-state index in [2.05, 4.69) is 45.2 Å². The maximum Gasteiger partial charge on any atom is 0.336 e. The SMILES string of the molecule is NC(N)=[NH2+].NC(N)=[NH2+].O.O.O=S(=O)([O-])c1cc(S(=O)(=O)[O-])c2ccc3c(S(=O)(=O)[O-])cc(S(=O)(=O)[O-])c4ccc1c2c43.[NH3+]CCCCCCCCCCCC[NH3+]. The highest BCUT2D eigenvalue weighted by Crippen LogP contribution is 2.44. The van der Waals surface area contributed by atoms with Crippen LogP contribution < -0.4 is 45.2 Å². The minimum atomic E-state index is -5.40. The summed E-state index contributed by atoms with van der Waals surface area (Å²) >= 11 is 0. The molecule has 0 heterocycles. The number of hydrogen-bond acceptors (Lipinski definition) is 12. The highest BCUT2D eigenvalue weighted by molar-refractivity contribution is 7.87. The van der Waals surface area contributed by atoms with Crippen molar-refractivity contribution < 1.29 is 85.1 Å². The van der Waals surface area contributed by atoms with Crippen LogP contribution in [-0.2, 0) is 40.5 Å². The van der Waals surface area contributed by atoms with Crippen molar-refractivity contribution in [2.24, 2.45) is 22.9 Å². The van der Waals surface area contributed by atoms with Gasteiger partial charge in [0.05, 0.1) is 32.7 Å². The third-order valence-electron chi connectivity index (χ3n) is 7.57. The lowest BCUT2D eigenvalue weighted by Crippen LogP contribution is -2.51. The van der Waals surface area contributed by atoms with E-state index in [-0.39, 0.29) is 22.9 Å². The van der Waals surface area contributed by atoms with Crippen LogP contribution in [0.15, 0.2) is 56.0 Å². The Kier molecular flexibility index (Phi) is 22.4. The van der Waals surface area contributed by atoms with Crippen molar-refractivity contribution in [2.45, 2.75) is 83.8 Å².